The normalized spacial score (nSPS) is 15.6. The molecule has 0 aliphatic carbocycles. The molecule has 1 N–H and O–H groups in total. The largest absolute Gasteiger partial charge is 0.481 e. The van der Waals surface area contributed by atoms with Gasteiger partial charge in [-0.25, -0.2) is 14.2 Å². The van der Waals surface area contributed by atoms with Gasteiger partial charge in [0, 0.05) is 46.1 Å². The summed E-state index contributed by atoms with van der Waals surface area (Å²) >= 11 is 6.41. The van der Waals surface area contributed by atoms with Crippen LogP contribution in [0.4, 0.5) is 4.39 Å². The van der Waals surface area contributed by atoms with Crippen molar-refractivity contribution >= 4 is 23.5 Å². The number of benzene rings is 2. The number of carbonyl (C=O) groups excluding carboxylic acids is 1. The minimum absolute atomic E-state index is 0.0655. The highest BCUT2D eigenvalue weighted by Crippen LogP contribution is 2.39. The van der Waals surface area contributed by atoms with E-state index < -0.39 is 23.7 Å². The van der Waals surface area contributed by atoms with E-state index in [1.54, 1.807) is 42.5 Å². The smallest absolute Gasteiger partial charge is 0.326 e. The lowest BCUT2D eigenvalue weighted by atomic mass is 9.92. The quantitative estimate of drug-likeness (QED) is 0.592. The van der Waals surface area contributed by atoms with Crippen LogP contribution in [0.2, 0.25) is 5.02 Å². The molecule has 1 atom stereocenters. The molecule has 2 aromatic carbocycles. The fraction of sp³-hybridized carbons (Fsp3) is 0.208. The number of carboxylic acid groups (broad SMARTS) is 1. The number of pyridine rings is 1. The highest BCUT2D eigenvalue weighted by molar-refractivity contribution is 6.33. The second-order valence-corrected chi connectivity index (χ2v) is 7.85. The van der Waals surface area contributed by atoms with Gasteiger partial charge in [0.2, 0.25) is 5.88 Å². The molecular formula is C24H20ClFN2O4. The fourth-order valence-corrected chi connectivity index (χ4v) is 4.23. The van der Waals surface area contributed by atoms with Crippen molar-refractivity contribution < 1.29 is 23.8 Å². The van der Waals surface area contributed by atoms with Crippen molar-refractivity contribution in [2.24, 2.45) is 0 Å². The van der Waals surface area contributed by atoms with E-state index in [1.165, 1.54) is 18.2 Å². The number of carboxylic acids is 1. The highest BCUT2D eigenvalue weighted by atomic mass is 35.5. The summed E-state index contributed by atoms with van der Waals surface area (Å²) in [5, 5.41) is 9.83. The van der Waals surface area contributed by atoms with E-state index >= 15 is 4.39 Å². The number of ether oxygens (including phenoxy) is 1. The molecular weight excluding hydrogens is 435 g/mol. The van der Waals surface area contributed by atoms with Gasteiger partial charge >= 0.3 is 5.97 Å². The van der Waals surface area contributed by atoms with Crippen molar-refractivity contribution in [2.45, 2.75) is 18.9 Å². The standard InChI is InChI=1S/C24H20ClFN2O4/c1-32-21-9-8-14(13-27-21)22-17(16-5-2-3-6-18(16)25)11-15(12-19(22)26)23(29)28-10-4-7-20(28)24(30)31/h2-3,5-6,8-9,11-13,20H,4,7,10H2,1H3,(H,30,31). The second kappa shape index (κ2) is 8.96. The number of amides is 1. The zero-order valence-electron chi connectivity index (χ0n) is 17.2. The number of aliphatic carboxylic acids is 1. The Morgan fingerprint density at radius 2 is 1.97 bits per heavy atom. The Bertz CT molecular complexity index is 1180. The van der Waals surface area contributed by atoms with Gasteiger partial charge in [0.1, 0.15) is 11.9 Å². The summed E-state index contributed by atoms with van der Waals surface area (Å²) in [5.41, 5.74) is 1.75. The van der Waals surface area contributed by atoms with Gasteiger partial charge in [0.15, 0.2) is 0 Å². The molecule has 1 aliphatic heterocycles. The van der Waals surface area contributed by atoms with Crippen molar-refractivity contribution in [2.75, 3.05) is 13.7 Å². The van der Waals surface area contributed by atoms with E-state index in [4.69, 9.17) is 16.3 Å². The zero-order chi connectivity index (χ0) is 22.8. The first-order valence-electron chi connectivity index (χ1n) is 10.0. The van der Waals surface area contributed by atoms with Crippen molar-refractivity contribution in [3.8, 4) is 28.1 Å². The van der Waals surface area contributed by atoms with Crippen LogP contribution in [0.5, 0.6) is 5.88 Å². The number of methoxy groups -OCH3 is 1. The second-order valence-electron chi connectivity index (χ2n) is 7.44. The first-order valence-corrected chi connectivity index (χ1v) is 10.4. The number of nitrogens with zero attached hydrogens (tertiary/aromatic N) is 2. The molecule has 0 spiro atoms. The number of aromatic nitrogens is 1. The third kappa shape index (κ3) is 4.03. The monoisotopic (exact) mass is 454 g/mol. The van der Waals surface area contributed by atoms with Crippen molar-refractivity contribution in [1.29, 1.82) is 0 Å². The first-order chi connectivity index (χ1) is 15.4. The Labute approximate surface area is 189 Å². The molecule has 0 bridgehead atoms. The molecule has 6 nitrogen and oxygen atoms in total. The summed E-state index contributed by atoms with van der Waals surface area (Å²) < 4.78 is 20.6. The summed E-state index contributed by atoms with van der Waals surface area (Å²) in [6.07, 6.45) is 2.44. The predicted molar refractivity (Wildman–Crippen MR) is 118 cm³/mol. The van der Waals surface area contributed by atoms with Crippen molar-refractivity contribution in [1.82, 2.24) is 9.88 Å². The number of hydrogen-bond acceptors (Lipinski definition) is 4. The van der Waals surface area contributed by atoms with E-state index in [0.29, 0.717) is 47.0 Å². The van der Waals surface area contributed by atoms with Crippen LogP contribution >= 0.6 is 11.6 Å². The third-order valence-corrected chi connectivity index (χ3v) is 5.86. The molecule has 2 heterocycles. The van der Waals surface area contributed by atoms with Gasteiger partial charge in [0.25, 0.3) is 5.91 Å². The first kappa shape index (κ1) is 21.8. The minimum Gasteiger partial charge on any atom is -0.481 e. The summed E-state index contributed by atoms with van der Waals surface area (Å²) in [7, 11) is 1.49. The number of rotatable bonds is 5. The summed E-state index contributed by atoms with van der Waals surface area (Å²) in [6.45, 7) is 0.309. The number of likely N-dealkylation sites (tertiary alicyclic amines) is 1. The van der Waals surface area contributed by atoms with E-state index in [0.717, 1.165) is 6.07 Å². The van der Waals surface area contributed by atoms with Crippen LogP contribution in [0.1, 0.15) is 23.2 Å². The zero-order valence-corrected chi connectivity index (χ0v) is 18.0. The van der Waals surface area contributed by atoms with Crippen molar-refractivity contribution in [3.63, 3.8) is 0 Å². The van der Waals surface area contributed by atoms with Gasteiger partial charge in [-0.15, -0.1) is 0 Å². The van der Waals surface area contributed by atoms with E-state index in [2.05, 4.69) is 4.98 Å². The predicted octanol–water partition coefficient (Wildman–Crippen LogP) is 4.91. The average molecular weight is 455 g/mol. The number of halogens is 2. The molecule has 0 saturated carbocycles. The Balaban J connectivity index is 1.87. The van der Waals surface area contributed by atoms with Gasteiger partial charge in [-0.1, -0.05) is 29.8 Å². The van der Waals surface area contributed by atoms with Crippen molar-refractivity contribution in [3.05, 3.63) is 71.1 Å². The van der Waals surface area contributed by atoms with Gasteiger partial charge in [-0.05, 0) is 42.7 Å². The van der Waals surface area contributed by atoms with Gasteiger partial charge in [-0.2, -0.15) is 0 Å². The Morgan fingerprint density at radius 3 is 2.62 bits per heavy atom. The molecule has 1 aliphatic rings. The lowest BCUT2D eigenvalue weighted by Crippen LogP contribution is -2.40. The van der Waals surface area contributed by atoms with Crippen LogP contribution in [0.25, 0.3) is 22.3 Å². The third-order valence-electron chi connectivity index (χ3n) is 5.53. The molecule has 3 aromatic rings. The molecule has 1 saturated heterocycles. The molecule has 1 amide bonds. The van der Waals surface area contributed by atoms with Gasteiger partial charge in [0.05, 0.1) is 7.11 Å². The van der Waals surface area contributed by atoms with E-state index in [9.17, 15) is 14.7 Å². The summed E-state index contributed by atoms with van der Waals surface area (Å²) in [5.74, 6) is -1.84. The molecule has 4 rings (SSSR count). The molecule has 0 radical (unpaired) electrons. The van der Waals surface area contributed by atoms with Crippen LogP contribution in [0.3, 0.4) is 0 Å². The Kier molecular flexibility index (Phi) is 6.10. The maximum Gasteiger partial charge on any atom is 0.326 e. The lowest BCUT2D eigenvalue weighted by Gasteiger charge is -2.22. The maximum absolute atomic E-state index is 15.5. The highest BCUT2D eigenvalue weighted by Gasteiger charge is 2.35. The molecule has 8 heteroatoms. The van der Waals surface area contributed by atoms with Crippen LogP contribution in [-0.4, -0.2) is 46.6 Å². The SMILES string of the molecule is COc1ccc(-c2c(F)cc(C(=O)N3CCCC3C(=O)O)cc2-c2ccccc2Cl)cn1. The lowest BCUT2D eigenvalue weighted by molar-refractivity contribution is -0.141. The van der Waals surface area contributed by atoms with Crippen LogP contribution in [0.15, 0.2) is 54.7 Å². The van der Waals surface area contributed by atoms with Crippen LogP contribution in [0, 0.1) is 5.82 Å². The Hall–Kier alpha value is -3.45. The average Bonchev–Trinajstić information content (AvgIpc) is 3.29. The molecule has 1 unspecified atom stereocenters. The van der Waals surface area contributed by atoms with E-state index in [1.807, 2.05) is 0 Å². The van der Waals surface area contributed by atoms with Crippen LogP contribution < -0.4 is 4.74 Å². The minimum atomic E-state index is -1.07. The topological polar surface area (TPSA) is 79.7 Å². The number of carbonyl (C=O) groups is 2. The Morgan fingerprint density at radius 1 is 1.19 bits per heavy atom. The van der Waals surface area contributed by atoms with Gasteiger partial charge in [-0.3, -0.25) is 4.79 Å². The molecule has 1 fully saturated rings. The maximum atomic E-state index is 15.5. The van der Waals surface area contributed by atoms with Crippen LogP contribution in [-0.2, 0) is 4.79 Å². The molecule has 1 aromatic heterocycles. The van der Waals surface area contributed by atoms with E-state index in [-0.39, 0.29) is 11.1 Å². The summed E-state index contributed by atoms with van der Waals surface area (Å²) in [4.78, 5) is 30.1. The molecule has 164 valence electrons. The fourth-order valence-electron chi connectivity index (χ4n) is 4.00. The summed E-state index contributed by atoms with van der Waals surface area (Å²) in [6, 6.07) is 12.0. The molecule has 32 heavy (non-hydrogen) atoms. The number of hydrogen-bond donors (Lipinski definition) is 1. The van der Waals surface area contributed by atoms with Gasteiger partial charge < -0.3 is 14.7 Å².